The van der Waals surface area contributed by atoms with Gasteiger partial charge in [-0.05, 0) is 13.0 Å². The van der Waals surface area contributed by atoms with Gasteiger partial charge >= 0.3 is 0 Å². The van der Waals surface area contributed by atoms with Crippen molar-refractivity contribution in [3.05, 3.63) is 17.7 Å². The summed E-state index contributed by atoms with van der Waals surface area (Å²) in [7, 11) is 3.06. The molecule has 3 N–H and O–H groups in total. The number of aromatic hydroxyl groups is 1. The summed E-state index contributed by atoms with van der Waals surface area (Å²) in [4.78, 5) is 0. The van der Waals surface area contributed by atoms with Gasteiger partial charge < -0.3 is 20.3 Å². The predicted octanol–water partition coefficient (Wildman–Crippen LogP) is 1.43. The van der Waals surface area contributed by atoms with Gasteiger partial charge in [0.25, 0.3) is 0 Å². The summed E-state index contributed by atoms with van der Waals surface area (Å²) in [6.45, 7) is 1.79. The number of methoxy groups -OCH3 is 2. The smallest absolute Gasteiger partial charge is 0.164 e. The van der Waals surface area contributed by atoms with Crippen LogP contribution in [0.4, 0.5) is 0 Å². The van der Waals surface area contributed by atoms with Crippen LogP contribution in [0.1, 0.15) is 18.5 Å². The fraction of sp³-hybridized carbons (Fsp3) is 0.400. The molecule has 1 aromatic carbocycles. The number of phenolic OH excluding ortho intramolecular Hbond substituents is 1. The lowest BCUT2D eigenvalue weighted by molar-refractivity contribution is 0.350. The molecule has 0 unspecified atom stereocenters. The highest BCUT2D eigenvalue weighted by molar-refractivity contribution is 5.50. The Bertz CT molecular complexity index is 323. The average Bonchev–Trinajstić information content (AvgIpc) is 2.16. The van der Waals surface area contributed by atoms with E-state index in [2.05, 4.69) is 0 Å². The van der Waals surface area contributed by atoms with Crippen LogP contribution in [-0.2, 0) is 0 Å². The maximum absolute atomic E-state index is 9.60. The Morgan fingerprint density at radius 3 is 2.14 bits per heavy atom. The SMILES string of the molecule is COc1cc(O)c([C@@H](C)N)cc1OC. The molecule has 4 heteroatoms. The molecule has 0 radical (unpaired) electrons. The van der Waals surface area contributed by atoms with Gasteiger partial charge in [0.1, 0.15) is 5.75 Å². The van der Waals surface area contributed by atoms with Crippen LogP contribution in [-0.4, -0.2) is 19.3 Å². The number of rotatable bonds is 3. The van der Waals surface area contributed by atoms with Gasteiger partial charge in [0.2, 0.25) is 0 Å². The molecule has 78 valence electrons. The fourth-order valence-corrected chi connectivity index (χ4v) is 1.25. The third-order valence-corrected chi connectivity index (χ3v) is 2.02. The maximum atomic E-state index is 9.60. The van der Waals surface area contributed by atoms with Gasteiger partial charge in [0.15, 0.2) is 11.5 Å². The van der Waals surface area contributed by atoms with Gasteiger partial charge in [0.05, 0.1) is 14.2 Å². The third-order valence-electron chi connectivity index (χ3n) is 2.02. The van der Waals surface area contributed by atoms with Crippen LogP contribution in [0.3, 0.4) is 0 Å². The van der Waals surface area contributed by atoms with Crippen molar-refractivity contribution in [1.82, 2.24) is 0 Å². The second-order valence-corrected chi connectivity index (χ2v) is 3.05. The molecule has 0 aliphatic rings. The maximum Gasteiger partial charge on any atom is 0.164 e. The van der Waals surface area contributed by atoms with E-state index in [0.717, 1.165) is 0 Å². The van der Waals surface area contributed by atoms with Crippen molar-refractivity contribution < 1.29 is 14.6 Å². The first-order valence-corrected chi connectivity index (χ1v) is 4.30. The van der Waals surface area contributed by atoms with E-state index in [1.54, 1.807) is 20.1 Å². The van der Waals surface area contributed by atoms with Crippen molar-refractivity contribution in [3.8, 4) is 17.2 Å². The summed E-state index contributed by atoms with van der Waals surface area (Å²) in [5.74, 6) is 1.18. The Morgan fingerprint density at radius 2 is 1.71 bits per heavy atom. The van der Waals surface area contributed by atoms with Crippen molar-refractivity contribution in [2.75, 3.05) is 14.2 Å². The molecular weight excluding hydrogens is 182 g/mol. The van der Waals surface area contributed by atoms with Crippen LogP contribution in [0.2, 0.25) is 0 Å². The van der Waals surface area contributed by atoms with Crippen LogP contribution in [0, 0.1) is 0 Å². The predicted molar refractivity (Wildman–Crippen MR) is 53.8 cm³/mol. The quantitative estimate of drug-likeness (QED) is 0.769. The molecule has 0 fully saturated rings. The molecule has 0 aromatic heterocycles. The van der Waals surface area contributed by atoms with Gasteiger partial charge in [0, 0.05) is 17.7 Å². The van der Waals surface area contributed by atoms with Crippen LogP contribution in [0.15, 0.2) is 12.1 Å². The Labute approximate surface area is 83.3 Å². The lowest BCUT2D eigenvalue weighted by Crippen LogP contribution is -2.05. The Balaban J connectivity index is 3.23. The third kappa shape index (κ3) is 1.90. The summed E-state index contributed by atoms with van der Waals surface area (Å²) in [5, 5.41) is 9.60. The first-order chi connectivity index (χ1) is 6.60. The number of ether oxygens (including phenoxy) is 2. The van der Waals surface area contributed by atoms with E-state index in [9.17, 15) is 5.11 Å². The number of nitrogens with two attached hydrogens (primary N) is 1. The molecule has 0 heterocycles. The largest absolute Gasteiger partial charge is 0.507 e. The highest BCUT2D eigenvalue weighted by atomic mass is 16.5. The number of benzene rings is 1. The zero-order valence-electron chi connectivity index (χ0n) is 8.57. The second kappa shape index (κ2) is 4.19. The van der Waals surface area contributed by atoms with E-state index >= 15 is 0 Å². The van der Waals surface area contributed by atoms with Crippen molar-refractivity contribution in [3.63, 3.8) is 0 Å². The van der Waals surface area contributed by atoms with Gasteiger partial charge in [-0.15, -0.1) is 0 Å². The van der Waals surface area contributed by atoms with E-state index in [4.69, 9.17) is 15.2 Å². The summed E-state index contributed by atoms with van der Waals surface area (Å²) in [6.07, 6.45) is 0. The van der Waals surface area contributed by atoms with Gasteiger partial charge in [-0.25, -0.2) is 0 Å². The van der Waals surface area contributed by atoms with Crippen LogP contribution < -0.4 is 15.2 Å². The Hall–Kier alpha value is -1.42. The van der Waals surface area contributed by atoms with E-state index in [1.165, 1.54) is 13.2 Å². The topological polar surface area (TPSA) is 64.7 Å². The normalized spacial score (nSPS) is 12.3. The fourth-order valence-electron chi connectivity index (χ4n) is 1.25. The molecule has 1 atom stereocenters. The van der Waals surface area contributed by atoms with Crippen molar-refractivity contribution in [1.29, 1.82) is 0 Å². The molecule has 0 bridgehead atoms. The van der Waals surface area contributed by atoms with Crippen molar-refractivity contribution in [2.45, 2.75) is 13.0 Å². The minimum absolute atomic E-state index is 0.123. The molecule has 0 aliphatic heterocycles. The molecule has 0 saturated carbocycles. The molecular formula is C10H15NO3. The van der Waals surface area contributed by atoms with Crippen LogP contribution in [0.5, 0.6) is 17.2 Å². The molecule has 0 aliphatic carbocycles. The summed E-state index contributed by atoms with van der Waals surface area (Å²) in [6, 6.07) is 2.94. The molecule has 14 heavy (non-hydrogen) atoms. The molecule has 0 saturated heterocycles. The monoisotopic (exact) mass is 197 g/mol. The molecule has 0 amide bonds. The van der Waals surface area contributed by atoms with E-state index < -0.39 is 0 Å². The van der Waals surface area contributed by atoms with Gasteiger partial charge in [-0.2, -0.15) is 0 Å². The minimum Gasteiger partial charge on any atom is -0.507 e. The minimum atomic E-state index is -0.241. The van der Waals surface area contributed by atoms with Gasteiger partial charge in [-0.3, -0.25) is 0 Å². The Kier molecular flexibility index (Phi) is 3.19. The number of hydrogen-bond acceptors (Lipinski definition) is 4. The van der Waals surface area contributed by atoms with E-state index in [1.807, 2.05) is 0 Å². The summed E-state index contributed by atoms with van der Waals surface area (Å²) >= 11 is 0. The summed E-state index contributed by atoms with van der Waals surface area (Å²) in [5.41, 5.74) is 6.31. The second-order valence-electron chi connectivity index (χ2n) is 3.05. The molecule has 1 aromatic rings. The lowest BCUT2D eigenvalue weighted by Gasteiger charge is -2.13. The number of hydrogen-bond donors (Lipinski definition) is 2. The van der Waals surface area contributed by atoms with Crippen molar-refractivity contribution >= 4 is 0 Å². The zero-order chi connectivity index (χ0) is 10.7. The van der Waals surface area contributed by atoms with E-state index in [-0.39, 0.29) is 11.8 Å². The van der Waals surface area contributed by atoms with Crippen LogP contribution >= 0.6 is 0 Å². The summed E-state index contributed by atoms with van der Waals surface area (Å²) < 4.78 is 10.1. The first kappa shape index (κ1) is 10.7. The average molecular weight is 197 g/mol. The lowest BCUT2D eigenvalue weighted by atomic mass is 10.1. The standard InChI is InChI=1S/C10H15NO3/c1-6(11)7-4-9(13-2)10(14-3)5-8(7)12/h4-6,12H,11H2,1-3H3/t6-/m1/s1. The molecule has 1 rings (SSSR count). The van der Waals surface area contributed by atoms with Crippen molar-refractivity contribution in [2.24, 2.45) is 5.73 Å². The van der Waals surface area contributed by atoms with E-state index in [0.29, 0.717) is 17.1 Å². The highest BCUT2D eigenvalue weighted by Crippen LogP contribution is 2.35. The Morgan fingerprint density at radius 1 is 1.21 bits per heavy atom. The van der Waals surface area contributed by atoms with Crippen LogP contribution in [0.25, 0.3) is 0 Å². The van der Waals surface area contributed by atoms with Gasteiger partial charge in [-0.1, -0.05) is 0 Å². The highest BCUT2D eigenvalue weighted by Gasteiger charge is 2.12. The molecule has 0 spiro atoms. The number of phenols is 1. The first-order valence-electron chi connectivity index (χ1n) is 4.30. The zero-order valence-corrected chi connectivity index (χ0v) is 8.57. The molecule has 4 nitrogen and oxygen atoms in total.